The zero-order valence-electron chi connectivity index (χ0n) is 11.0. The van der Waals surface area contributed by atoms with E-state index >= 15 is 0 Å². The molecule has 1 N–H and O–H groups in total. The zero-order chi connectivity index (χ0) is 13.2. The van der Waals surface area contributed by atoms with Gasteiger partial charge in [0.15, 0.2) is 5.82 Å². The number of nitrogens with zero attached hydrogens (tertiary/aromatic N) is 6. The van der Waals surface area contributed by atoms with Crippen LogP contribution in [-0.2, 0) is 19.5 Å². The Morgan fingerprint density at radius 2 is 2.21 bits per heavy atom. The van der Waals surface area contributed by atoms with Gasteiger partial charge in [-0.3, -0.25) is 0 Å². The lowest BCUT2D eigenvalue weighted by molar-refractivity contribution is 0.168. The third-order valence-corrected chi connectivity index (χ3v) is 3.52. The Morgan fingerprint density at radius 1 is 1.32 bits per heavy atom. The van der Waals surface area contributed by atoms with E-state index in [0.29, 0.717) is 18.7 Å². The van der Waals surface area contributed by atoms with E-state index in [0.717, 1.165) is 24.6 Å². The van der Waals surface area contributed by atoms with Crippen LogP contribution in [0.4, 0.5) is 0 Å². The first-order valence-corrected chi connectivity index (χ1v) is 6.77. The van der Waals surface area contributed by atoms with Crippen molar-refractivity contribution < 1.29 is 5.11 Å². The van der Waals surface area contributed by atoms with Crippen molar-refractivity contribution in [3.8, 4) is 0 Å². The molecule has 2 aromatic heterocycles. The van der Waals surface area contributed by atoms with Crippen LogP contribution < -0.4 is 0 Å². The third-order valence-electron chi connectivity index (χ3n) is 3.52. The van der Waals surface area contributed by atoms with Gasteiger partial charge < -0.3 is 9.67 Å². The fourth-order valence-corrected chi connectivity index (χ4v) is 2.38. The van der Waals surface area contributed by atoms with Gasteiger partial charge in [0.05, 0.1) is 12.3 Å². The maximum Gasteiger partial charge on any atom is 0.154 e. The van der Waals surface area contributed by atoms with Gasteiger partial charge >= 0.3 is 0 Å². The van der Waals surface area contributed by atoms with Crippen molar-refractivity contribution in [2.24, 2.45) is 0 Å². The minimum Gasteiger partial charge on any atom is -0.387 e. The second-order valence-corrected chi connectivity index (χ2v) is 4.91. The van der Waals surface area contributed by atoms with E-state index < -0.39 is 6.10 Å². The molecule has 1 aliphatic rings. The van der Waals surface area contributed by atoms with Crippen molar-refractivity contribution in [3.05, 3.63) is 23.5 Å². The van der Waals surface area contributed by atoms with Crippen LogP contribution in [0.3, 0.4) is 0 Å². The summed E-state index contributed by atoms with van der Waals surface area (Å²) in [6, 6.07) is 0. The molecule has 19 heavy (non-hydrogen) atoms. The molecule has 7 nitrogen and oxygen atoms in total. The number of aliphatic hydroxyl groups is 1. The molecule has 0 fully saturated rings. The van der Waals surface area contributed by atoms with Crippen LogP contribution >= 0.6 is 0 Å². The average molecular weight is 262 g/mol. The molecule has 0 aromatic carbocycles. The fourth-order valence-electron chi connectivity index (χ4n) is 2.38. The van der Waals surface area contributed by atoms with E-state index in [4.69, 9.17) is 0 Å². The number of hydrogen-bond acceptors (Lipinski definition) is 5. The monoisotopic (exact) mass is 262 g/mol. The molecule has 3 heterocycles. The maximum absolute atomic E-state index is 9.71. The summed E-state index contributed by atoms with van der Waals surface area (Å²) in [5.41, 5.74) is 0.612. The number of aryl methyl sites for hydroxylation is 1. The quantitative estimate of drug-likeness (QED) is 0.877. The summed E-state index contributed by atoms with van der Waals surface area (Å²) in [6.07, 6.45) is 5.24. The fraction of sp³-hybridized carbons (Fsp3) is 0.667. The van der Waals surface area contributed by atoms with Gasteiger partial charge in [-0.25, -0.2) is 4.68 Å². The summed E-state index contributed by atoms with van der Waals surface area (Å²) in [5, 5.41) is 26.2. The standard InChI is InChI=1S/C12H18N6O/c1-2-10(19)9-7-17(16-13-9)8-12-15-14-11-5-3-4-6-18(11)12/h7,10,19H,2-6,8H2,1H3. The number of aliphatic hydroxyl groups excluding tert-OH is 1. The Morgan fingerprint density at radius 3 is 3.05 bits per heavy atom. The number of rotatable bonds is 4. The molecule has 102 valence electrons. The Labute approximate surface area is 111 Å². The summed E-state index contributed by atoms with van der Waals surface area (Å²) >= 11 is 0. The molecule has 3 rings (SSSR count). The van der Waals surface area contributed by atoms with Gasteiger partial charge in [-0.2, -0.15) is 0 Å². The molecule has 0 bridgehead atoms. The van der Waals surface area contributed by atoms with Gasteiger partial charge in [-0.1, -0.05) is 12.1 Å². The van der Waals surface area contributed by atoms with Gasteiger partial charge in [-0.15, -0.1) is 15.3 Å². The smallest absolute Gasteiger partial charge is 0.154 e. The zero-order valence-corrected chi connectivity index (χ0v) is 11.0. The lowest BCUT2D eigenvalue weighted by Gasteiger charge is -2.14. The van der Waals surface area contributed by atoms with E-state index in [1.165, 1.54) is 12.8 Å². The molecule has 1 atom stereocenters. The Hall–Kier alpha value is -1.76. The Balaban J connectivity index is 1.78. The topological polar surface area (TPSA) is 81.6 Å². The highest BCUT2D eigenvalue weighted by Gasteiger charge is 2.17. The number of hydrogen-bond donors (Lipinski definition) is 1. The molecule has 0 saturated heterocycles. The molecule has 0 aliphatic carbocycles. The van der Waals surface area contributed by atoms with Crippen molar-refractivity contribution in [2.75, 3.05) is 0 Å². The predicted molar refractivity (Wildman–Crippen MR) is 67.3 cm³/mol. The normalized spacial score (nSPS) is 16.3. The van der Waals surface area contributed by atoms with Crippen molar-refractivity contribution >= 4 is 0 Å². The lowest BCUT2D eigenvalue weighted by Crippen LogP contribution is -2.15. The summed E-state index contributed by atoms with van der Waals surface area (Å²) in [4.78, 5) is 0. The Bertz CT molecular complexity index is 560. The van der Waals surface area contributed by atoms with Gasteiger partial charge in [0.2, 0.25) is 0 Å². The lowest BCUT2D eigenvalue weighted by atomic mass is 10.2. The molecule has 0 spiro atoms. The first-order valence-electron chi connectivity index (χ1n) is 6.77. The van der Waals surface area contributed by atoms with Crippen molar-refractivity contribution in [1.29, 1.82) is 0 Å². The van der Waals surface area contributed by atoms with Crippen LogP contribution in [-0.4, -0.2) is 34.9 Å². The number of aromatic nitrogens is 6. The largest absolute Gasteiger partial charge is 0.387 e. The van der Waals surface area contributed by atoms with Crippen LogP contribution in [0.1, 0.15) is 49.6 Å². The van der Waals surface area contributed by atoms with Crippen LogP contribution in [0.5, 0.6) is 0 Å². The molecule has 0 amide bonds. The molecule has 1 unspecified atom stereocenters. The molecule has 7 heteroatoms. The highest BCUT2D eigenvalue weighted by molar-refractivity contribution is 5.01. The second kappa shape index (κ2) is 5.08. The molecule has 2 aromatic rings. The first kappa shape index (κ1) is 12.3. The van der Waals surface area contributed by atoms with E-state index in [2.05, 4.69) is 25.1 Å². The van der Waals surface area contributed by atoms with Gasteiger partial charge in [-0.05, 0) is 19.3 Å². The minimum absolute atomic E-state index is 0.541. The number of fused-ring (bicyclic) bond motifs is 1. The molecule has 0 radical (unpaired) electrons. The van der Waals surface area contributed by atoms with Crippen molar-refractivity contribution in [3.63, 3.8) is 0 Å². The van der Waals surface area contributed by atoms with Crippen molar-refractivity contribution in [1.82, 2.24) is 29.8 Å². The first-order chi connectivity index (χ1) is 9.28. The second-order valence-electron chi connectivity index (χ2n) is 4.91. The van der Waals surface area contributed by atoms with Crippen LogP contribution in [0.15, 0.2) is 6.20 Å². The van der Waals surface area contributed by atoms with E-state index in [1.807, 2.05) is 6.92 Å². The van der Waals surface area contributed by atoms with Gasteiger partial charge in [0, 0.05) is 13.0 Å². The molecule has 1 aliphatic heterocycles. The van der Waals surface area contributed by atoms with E-state index in [1.54, 1.807) is 10.9 Å². The van der Waals surface area contributed by atoms with Gasteiger partial charge in [0.1, 0.15) is 18.1 Å². The van der Waals surface area contributed by atoms with Crippen LogP contribution in [0, 0.1) is 0 Å². The summed E-state index contributed by atoms with van der Waals surface area (Å²) in [6.45, 7) is 3.45. The van der Waals surface area contributed by atoms with Gasteiger partial charge in [0.25, 0.3) is 0 Å². The van der Waals surface area contributed by atoms with E-state index in [9.17, 15) is 5.11 Å². The maximum atomic E-state index is 9.71. The average Bonchev–Trinajstić information content (AvgIpc) is 3.06. The highest BCUT2D eigenvalue weighted by atomic mass is 16.3. The summed E-state index contributed by atoms with van der Waals surface area (Å²) in [5.74, 6) is 1.98. The third kappa shape index (κ3) is 2.37. The summed E-state index contributed by atoms with van der Waals surface area (Å²) < 4.78 is 3.88. The van der Waals surface area contributed by atoms with Crippen LogP contribution in [0.25, 0.3) is 0 Å². The predicted octanol–water partition coefficient (Wildman–Crippen LogP) is 0.698. The Kier molecular flexibility index (Phi) is 3.29. The molecular formula is C12H18N6O. The SMILES string of the molecule is CCC(O)c1cn(Cc2nnc3n2CCCC3)nn1. The molecular weight excluding hydrogens is 244 g/mol. The van der Waals surface area contributed by atoms with Crippen LogP contribution in [0.2, 0.25) is 0 Å². The van der Waals surface area contributed by atoms with E-state index in [-0.39, 0.29) is 0 Å². The minimum atomic E-state index is -0.541. The summed E-state index contributed by atoms with van der Waals surface area (Å²) in [7, 11) is 0. The molecule has 0 saturated carbocycles. The van der Waals surface area contributed by atoms with Crippen molar-refractivity contribution in [2.45, 2.75) is 51.8 Å². The highest BCUT2D eigenvalue weighted by Crippen LogP contribution is 2.16.